The van der Waals surface area contributed by atoms with Crippen molar-refractivity contribution in [2.24, 2.45) is 7.05 Å². The van der Waals surface area contributed by atoms with Crippen LogP contribution in [0.4, 0.5) is 4.48 Å². The Hall–Kier alpha value is -3.03. The number of halogens is 1. The second-order valence-corrected chi connectivity index (χ2v) is 5.01. The van der Waals surface area contributed by atoms with Crippen LogP contribution in [0.3, 0.4) is 0 Å². The van der Waals surface area contributed by atoms with Gasteiger partial charge in [0.05, 0.1) is 35.7 Å². The number of aromatic nitrogens is 7. The summed E-state index contributed by atoms with van der Waals surface area (Å²) in [5, 5.41) is 8.72. The van der Waals surface area contributed by atoms with Gasteiger partial charge in [0, 0.05) is 25.2 Å². The lowest BCUT2D eigenvalue weighted by atomic mass is 10.2. The highest BCUT2D eigenvalue weighted by molar-refractivity contribution is 5.58. The van der Waals surface area contributed by atoms with Crippen LogP contribution in [0.1, 0.15) is 11.4 Å². The smallest absolute Gasteiger partial charge is 0.153 e. The molecule has 0 radical (unpaired) electrons. The SMILES string of the molecule is Cn1cc(-c2ccc3ncc(Cc4cncn4F)n3n2)cn1. The van der Waals surface area contributed by atoms with Crippen molar-refractivity contribution >= 4 is 5.65 Å². The van der Waals surface area contributed by atoms with Crippen LogP contribution in [0.5, 0.6) is 0 Å². The number of aryl methyl sites for hydroxylation is 1. The fraction of sp³-hybridized carbons (Fsp3) is 0.143. The molecule has 4 aromatic rings. The lowest BCUT2D eigenvalue weighted by Gasteiger charge is -2.02. The van der Waals surface area contributed by atoms with Crippen LogP contribution in [0.15, 0.2) is 43.2 Å². The van der Waals surface area contributed by atoms with E-state index in [-0.39, 0.29) is 0 Å². The van der Waals surface area contributed by atoms with E-state index in [0.717, 1.165) is 23.3 Å². The Morgan fingerprint density at radius 2 is 2.05 bits per heavy atom. The summed E-state index contributed by atoms with van der Waals surface area (Å²) in [5.41, 5.74) is 3.66. The molecule has 22 heavy (non-hydrogen) atoms. The fourth-order valence-electron chi connectivity index (χ4n) is 2.36. The van der Waals surface area contributed by atoms with Crippen molar-refractivity contribution < 1.29 is 4.48 Å². The summed E-state index contributed by atoms with van der Waals surface area (Å²) in [4.78, 5) is 8.58. The Morgan fingerprint density at radius 3 is 2.77 bits per heavy atom. The van der Waals surface area contributed by atoms with Crippen LogP contribution in [-0.4, -0.2) is 34.2 Å². The maximum absolute atomic E-state index is 13.5. The molecule has 110 valence electrons. The Balaban J connectivity index is 1.78. The van der Waals surface area contributed by atoms with Crippen LogP contribution in [0.25, 0.3) is 16.9 Å². The minimum atomic E-state index is 0.362. The summed E-state index contributed by atoms with van der Waals surface area (Å²) in [6, 6.07) is 3.77. The van der Waals surface area contributed by atoms with E-state index >= 15 is 0 Å². The molecule has 0 bridgehead atoms. The maximum Gasteiger partial charge on any atom is 0.153 e. The van der Waals surface area contributed by atoms with Gasteiger partial charge in [0.25, 0.3) is 0 Å². The average Bonchev–Trinajstić information content (AvgIpc) is 3.21. The Kier molecular flexibility index (Phi) is 2.75. The number of hydrogen-bond acceptors (Lipinski definition) is 4. The number of hydrogen-bond donors (Lipinski definition) is 0. The van der Waals surface area contributed by atoms with Gasteiger partial charge >= 0.3 is 0 Å². The van der Waals surface area contributed by atoms with Crippen molar-refractivity contribution in [3.63, 3.8) is 0 Å². The summed E-state index contributed by atoms with van der Waals surface area (Å²) in [6.07, 6.45) is 8.32. The van der Waals surface area contributed by atoms with E-state index in [1.165, 1.54) is 6.20 Å². The van der Waals surface area contributed by atoms with Gasteiger partial charge in [-0.3, -0.25) is 4.68 Å². The topological polar surface area (TPSA) is 65.8 Å². The standard InChI is InChI=1S/C14H12FN7/c1-20-8-10(5-18-20)13-2-3-14-17-7-12(22(14)19-13)4-11-6-16-9-21(11)15/h2-3,5-9H,4H2,1H3. The molecule has 0 aliphatic rings. The summed E-state index contributed by atoms with van der Waals surface area (Å²) in [5.74, 6) is 0. The zero-order valence-electron chi connectivity index (χ0n) is 11.8. The van der Waals surface area contributed by atoms with E-state index in [1.807, 2.05) is 25.4 Å². The predicted molar refractivity (Wildman–Crippen MR) is 76.7 cm³/mol. The molecule has 7 nitrogen and oxygen atoms in total. The van der Waals surface area contributed by atoms with Crippen molar-refractivity contribution in [2.75, 3.05) is 0 Å². The van der Waals surface area contributed by atoms with Gasteiger partial charge in [-0.05, 0) is 12.1 Å². The second kappa shape index (κ2) is 4.76. The van der Waals surface area contributed by atoms with Gasteiger partial charge in [-0.1, -0.05) is 4.48 Å². The summed E-state index contributed by atoms with van der Waals surface area (Å²) < 4.78 is 16.9. The first kappa shape index (κ1) is 12.7. The van der Waals surface area contributed by atoms with Crippen LogP contribution < -0.4 is 0 Å². The minimum Gasteiger partial charge on any atom is -0.275 e. The lowest BCUT2D eigenvalue weighted by molar-refractivity contribution is 0.355. The minimum absolute atomic E-state index is 0.362. The molecule has 0 N–H and O–H groups in total. The molecule has 0 atom stereocenters. The Bertz CT molecular complexity index is 949. The van der Waals surface area contributed by atoms with E-state index in [9.17, 15) is 4.48 Å². The molecule has 0 aromatic carbocycles. The quantitative estimate of drug-likeness (QED) is 0.577. The normalized spacial score (nSPS) is 11.4. The average molecular weight is 297 g/mol. The molecule has 0 saturated carbocycles. The molecule has 8 heteroatoms. The van der Waals surface area contributed by atoms with Gasteiger partial charge in [0.1, 0.15) is 6.33 Å². The molecule has 0 spiro atoms. The van der Waals surface area contributed by atoms with Crippen molar-refractivity contribution in [2.45, 2.75) is 6.42 Å². The zero-order chi connectivity index (χ0) is 15.1. The van der Waals surface area contributed by atoms with Gasteiger partial charge in [-0.15, -0.1) is 0 Å². The first-order valence-corrected chi connectivity index (χ1v) is 6.71. The van der Waals surface area contributed by atoms with Crippen molar-refractivity contribution in [1.29, 1.82) is 0 Å². The van der Waals surface area contributed by atoms with Crippen molar-refractivity contribution in [1.82, 2.24) is 34.2 Å². The number of rotatable bonds is 3. The Morgan fingerprint density at radius 1 is 1.14 bits per heavy atom. The number of imidazole rings is 2. The van der Waals surface area contributed by atoms with Crippen LogP contribution in [-0.2, 0) is 13.5 Å². The van der Waals surface area contributed by atoms with E-state index in [4.69, 9.17) is 0 Å². The highest BCUT2D eigenvalue weighted by Crippen LogP contribution is 2.18. The van der Waals surface area contributed by atoms with Gasteiger partial charge in [-0.2, -0.15) is 15.0 Å². The highest BCUT2D eigenvalue weighted by Gasteiger charge is 2.11. The molecule has 0 amide bonds. The summed E-state index contributed by atoms with van der Waals surface area (Å²) in [7, 11) is 1.85. The number of fused-ring (bicyclic) bond motifs is 1. The Labute approximate surface area is 124 Å². The van der Waals surface area contributed by atoms with Crippen molar-refractivity contribution in [3.05, 3.63) is 54.6 Å². The molecular formula is C14H12FN7. The first-order chi connectivity index (χ1) is 10.7. The van der Waals surface area contributed by atoms with Gasteiger partial charge in [-0.25, -0.2) is 14.5 Å². The van der Waals surface area contributed by atoms with E-state index in [2.05, 4.69) is 20.2 Å². The molecule has 4 aromatic heterocycles. The molecule has 0 unspecified atom stereocenters. The fourth-order valence-corrected chi connectivity index (χ4v) is 2.36. The van der Waals surface area contributed by atoms with E-state index < -0.39 is 0 Å². The third-order valence-corrected chi connectivity index (χ3v) is 3.46. The molecule has 0 aliphatic carbocycles. The predicted octanol–water partition coefficient (Wildman–Crippen LogP) is 1.65. The third-order valence-electron chi connectivity index (χ3n) is 3.46. The molecule has 4 rings (SSSR count). The van der Waals surface area contributed by atoms with Gasteiger partial charge in [0.2, 0.25) is 0 Å². The molecule has 0 fully saturated rings. The molecule has 4 heterocycles. The van der Waals surface area contributed by atoms with Crippen LogP contribution >= 0.6 is 0 Å². The summed E-state index contributed by atoms with van der Waals surface area (Å²) >= 11 is 0. The molecular weight excluding hydrogens is 285 g/mol. The number of nitrogens with zero attached hydrogens (tertiary/aromatic N) is 7. The highest BCUT2D eigenvalue weighted by atomic mass is 19.2. The molecule has 0 saturated heterocycles. The summed E-state index contributed by atoms with van der Waals surface area (Å²) in [6.45, 7) is 0. The van der Waals surface area contributed by atoms with E-state index in [0.29, 0.717) is 22.6 Å². The first-order valence-electron chi connectivity index (χ1n) is 6.71. The monoisotopic (exact) mass is 297 g/mol. The molecule has 0 aliphatic heterocycles. The van der Waals surface area contributed by atoms with Gasteiger partial charge in [0.15, 0.2) is 5.65 Å². The largest absolute Gasteiger partial charge is 0.275 e. The zero-order valence-corrected chi connectivity index (χ0v) is 11.8. The van der Waals surface area contributed by atoms with E-state index in [1.54, 1.807) is 21.6 Å². The maximum atomic E-state index is 13.5. The van der Waals surface area contributed by atoms with Crippen LogP contribution in [0.2, 0.25) is 0 Å². The third kappa shape index (κ3) is 2.05. The van der Waals surface area contributed by atoms with Crippen LogP contribution in [0, 0.1) is 0 Å². The second-order valence-electron chi connectivity index (χ2n) is 5.01. The van der Waals surface area contributed by atoms with Crippen molar-refractivity contribution in [3.8, 4) is 11.3 Å². The van der Waals surface area contributed by atoms with Gasteiger partial charge < -0.3 is 0 Å². The lowest BCUT2D eigenvalue weighted by Crippen LogP contribution is -2.01.